The van der Waals surface area contributed by atoms with E-state index in [4.69, 9.17) is 14.6 Å². The molecular formula is C14H21NO3. The molecule has 0 radical (unpaired) electrons. The van der Waals surface area contributed by atoms with Crippen molar-refractivity contribution in [1.29, 1.82) is 0 Å². The van der Waals surface area contributed by atoms with Crippen molar-refractivity contribution < 1.29 is 14.6 Å². The van der Waals surface area contributed by atoms with Gasteiger partial charge < -0.3 is 14.6 Å². The summed E-state index contributed by atoms with van der Waals surface area (Å²) in [6.45, 7) is 6.13. The zero-order chi connectivity index (χ0) is 12.8. The Morgan fingerprint density at radius 3 is 2.67 bits per heavy atom. The molecule has 0 amide bonds. The summed E-state index contributed by atoms with van der Waals surface area (Å²) in [4.78, 5) is 2.24. The van der Waals surface area contributed by atoms with Gasteiger partial charge in [0.1, 0.15) is 13.2 Å². The highest BCUT2D eigenvalue weighted by molar-refractivity contribution is 5.43. The molecule has 100 valence electrons. The highest BCUT2D eigenvalue weighted by Gasteiger charge is 2.12. The molecule has 2 rings (SSSR count). The average Bonchev–Trinajstić information content (AvgIpc) is 2.39. The van der Waals surface area contributed by atoms with E-state index in [0.717, 1.165) is 31.0 Å². The van der Waals surface area contributed by atoms with E-state index < -0.39 is 0 Å². The smallest absolute Gasteiger partial charge is 0.161 e. The van der Waals surface area contributed by atoms with Gasteiger partial charge in [-0.05, 0) is 30.7 Å². The lowest BCUT2D eigenvalue weighted by atomic mass is 10.1. The molecule has 4 nitrogen and oxygen atoms in total. The van der Waals surface area contributed by atoms with Crippen molar-refractivity contribution >= 4 is 0 Å². The lowest BCUT2D eigenvalue weighted by molar-refractivity contribution is 0.170. The summed E-state index contributed by atoms with van der Waals surface area (Å²) in [7, 11) is 0. The van der Waals surface area contributed by atoms with E-state index in [2.05, 4.69) is 17.9 Å². The Morgan fingerprint density at radius 1 is 1.17 bits per heavy atom. The summed E-state index contributed by atoms with van der Waals surface area (Å²) in [6, 6.07) is 6.06. The van der Waals surface area contributed by atoms with Gasteiger partial charge in [0, 0.05) is 13.1 Å². The van der Waals surface area contributed by atoms with Crippen LogP contribution in [0.25, 0.3) is 0 Å². The molecule has 0 aliphatic carbocycles. The van der Waals surface area contributed by atoms with Gasteiger partial charge in [-0.3, -0.25) is 4.90 Å². The first kappa shape index (κ1) is 13.2. The molecule has 0 fully saturated rings. The number of rotatable bonds is 6. The Bertz CT molecular complexity index is 375. The van der Waals surface area contributed by atoms with Crippen molar-refractivity contribution in [3.05, 3.63) is 23.8 Å². The van der Waals surface area contributed by atoms with Gasteiger partial charge >= 0.3 is 0 Å². The number of ether oxygens (including phenoxy) is 2. The maximum atomic E-state index is 9.05. The highest BCUT2D eigenvalue weighted by atomic mass is 16.6. The fraction of sp³-hybridized carbons (Fsp3) is 0.571. The molecule has 0 aromatic heterocycles. The van der Waals surface area contributed by atoms with Crippen molar-refractivity contribution in [2.75, 3.05) is 32.9 Å². The van der Waals surface area contributed by atoms with Crippen LogP contribution in [-0.2, 0) is 6.54 Å². The van der Waals surface area contributed by atoms with E-state index in [1.807, 2.05) is 12.1 Å². The monoisotopic (exact) mass is 251 g/mol. The summed E-state index contributed by atoms with van der Waals surface area (Å²) in [5, 5.41) is 9.05. The fourth-order valence-electron chi connectivity index (χ4n) is 2.17. The van der Waals surface area contributed by atoms with E-state index in [-0.39, 0.29) is 6.61 Å². The zero-order valence-corrected chi connectivity index (χ0v) is 10.9. The fourth-order valence-corrected chi connectivity index (χ4v) is 2.17. The van der Waals surface area contributed by atoms with Crippen LogP contribution in [0.15, 0.2) is 18.2 Å². The summed E-state index contributed by atoms with van der Waals surface area (Å²) in [5.74, 6) is 1.66. The molecule has 0 atom stereocenters. The molecule has 0 saturated carbocycles. The van der Waals surface area contributed by atoms with Gasteiger partial charge in [-0.2, -0.15) is 0 Å². The van der Waals surface area contributed by atoms with Crippen molar-refractivity contribution in [3.8, 4) is 11.5 Å². The second-order valence-electron chi connectivity index (χ2n) is 4.48. The van der Waals surface area contributed by atoms with Crippen LogP contribution < -0.4 is 9.47 Å². The molecule has 1 aliphatic heterocycles. The van der Waals surface area contributed by atoms with Gasteiger partial charge in [0.05, 0.1) is 6.61 Å². The van der Waals surface area contributed by atoms with Gasteiger partial charge in [0.2, 0.25) is 0 Å². The molecule has 1 heterocycles. The van der Waals surface area contributed by atoms with E-state index >= 15 is 0 Å². The molecule has 0 saturated heterocycles. The molecule has 1 aromatic rings. The first-order chi connectivity index (χ1) is 8.83. The summed E-state index contributed by atoms with van der Waals surface area (Å²) in [6.07, 6.45) is 1.09. The molecular weight excluding hydrogens is 230 g/mol. The lowest BCUT2D eigenvalue weighted by Crippen LogP contribution is -2.27. The van der Waals surface area contributed by atoms with Crippen LogP contribution in [0.2, 0.25) is 0 Å². The molecule has 0 spiro atoms. The number of fused-ring (bicyclic) bond motifs is 1. The molecule has 4 heteroatoms. The minimum absolute atomic E-state index is 0.199. The largest absolute Gasteiger partial charge is 0.486 e. The topological polar surface area (TPSA) is 41.9 Å². The van der Waals surface area contributed by atoms with Crippen LogP contribution in [0.4, 0.5) is 0 Å². The van der Waals surface area contributed by atoms with E-state index in [1.54, 1.807) is 0 Å². The Labute approximate surface area is 108 Å². The third-order valence-electron chi connectivity index (χ3n) is 2.97. The lowest BCUT2D eigenvalue weighted by Gasteiger charge is -2.23. The Kier molecular flexibility index (Phi) is 4.84. The predicted molar refractivity (Wildman–Crippen MR) is 70.1 cm³/mol. The van der Waals surface area contributed by atoms with Gasteiger partial charge in [-0.15, -0.1) is 0 Å². The summed E-state index contributed by atoms with van der Waals surface area (Å²) in [5.41, 5.74) is 1.20. The van der Waals surface area contributed by atoms with Crippen LogP contribution in [0.5, 0.6) is 11.5 Å². The normalized spacial score (nSPS) is 13.9. The third kappa shape index (κ3) is 3.37. The zero-order valence-electron chi connectivity index (χ0n) is 10.9. The van der Waals surface area contributed by atoms with Crippen LogP contribution >= 0.6 is 0 Å². The van der Waals surface area contributed by atoms with Gasteiger partial charge in [-0.25, -0.2) is 0 Å². The van der Waals surface area contributed by atoms with Crippen LogP contribution in [0, 0.1) is 0 Å². The number of aliphatic hydroxyl groups is 1. The van der Waals surface area contributed by atoms with Gasteiger partial charge in [-0.1, -0.05) is 13.0 Å². The number of benzene rings is 1. The Morgan fingerprint density at radius 2 is 1.94 bits per heavy atom. The second-order valence-corrected chi connectivity index (χ2v) is 4.48. The van der Waals surface area contributed by atoms with Crippen molar-refractivity contribution in [2.24, 2.45) is 0 Å². The van der Waals surface area contributed by atoms with Crippen molar-refractivity contribution in [1.82, 2.24) is 4.90 Å². The maximum absolute atomic E-state index is 9.05. The van der Waals surface area contributed by atoms with E-state index in [0.29, 0.717) is 19.8 Å². The van der Waals surface area contributed by atoms with Gasteiger partial charge in [0.15, 0.2) is 11.5 Å². The van der Waals surface area contributed by atoms with Crippen LogP contribution in [0.3, 0.4) is 0 Å². The number of nitrogens with zero attached hydrogens (tertiary/aromatic N) is 1. The minimum Gasteiger partial charge on any atom is -0.486 e. The highest BCUT2D eigenvalue weighted by Crippen LogP contribution is 2.31. The third-order valence-corrected chi connectivity index (χ3v) is 2.97. The van der Waals surface area contributed by atoms with E-state index in [1.165, 1.54) is 5.56 Å². The molecule has 0 unspecified atom stereocenters. The molecule has 1 N–H and O–H groups in total. The number of hydrogen-bond acceptors (Lipinski definition) is 4. The number of hydrogen-bond donors (Lipinski definition) is 1. The van der Waals surface area contributed by atoms with Crippen molar-refractivity contribution in [3.63, 3.8) is 0 Å². The maximum Gasteiger partial charge on any atom is 0.161 e. The minimum atomic E-state index is 0.199. The average molecular weight is 251 g/mol. The summed E-state index contributed by atoms with van der Waals surface area (Å²) >= 11 is 0. The van der Waals surface area contributed by atoms with Crippen LogP contribution in [0.1, 0.15) is 18.9 Å². The number of aliphatic hydroxyl groups excluding tert-OH is 1. The Hall–Kier alpha value is -1.26. The molecule has 1 aliphatic rings. The van der Waals surface area contributed by atoms with E-state index in [9.17, 15) is 0 Å². The van der Waals surface area contributed by atoms with Crippen molar-refractivity contribution in [2.45, 2.75) is 19.9 Å². The Balaban J connectivity index is 2.03. The quantitative estimate of drug-likeness (QED) is 0.835. The second kappa shape index (κ2) is 6.61. The predicted octanol–water partition coefficient (Wildman–Crippen LogP) is 1.66. The van der Waals surface area contributed by atoms with Gasteiger partial charge in [0.25, 0.3) is 0 Å². The van der Waals surface area contributed by atoms with Crippen LogP contribution in [-0.4, -0.2) is 42.9 Å². The first-order valence-corrected chi connectivity index (χ1v) is 6.55. The summed E-state index contributed by atoms with van der Waals surface area (Å²) < 4.78 is 11.1. The molecule has 0 bridgehead atoms. The standard InChI is InChI=1S/C14H21NO3/c1-2-5-15(6-7-16)11-12-3-4-13-14(10-12)18-9-8-17-13/h3-4,10,16H,2,5-9,11H2,1H3. The first-order valence-electron chi connectivity index (χ1n) is 6.55. The SMILES string of the molecule is CCCN(CCO)Cc1ccc2c(c1)OCCO2. The molecule has 18 heavy (non-hydrogen) atoms. The molecule has 1 aromatic carbocycles.